The van der Waals surface area contributed by atoms with E-state index in [1.165, 1.54) is 31.4 Å². The fraction of sp³-hybridized carbons (Fsp3) is 0.238. The number of carbonyl (C=O) groups is 3. The predicted octanol–water partition coefficient (Wildman–Crippen LogP) is 3.63. The van der Waals surface area contributed by atoms with Gasteiger partial charge in [-0.25, -0.2) is 4.79 Å². The second kappa shape index (κ2) is 9.06. The Morgan fingerprint density at radius 1 is 0.885 bits per heavy atom. The van der Waals surface area contributed by atoms with Crippen LogP contribution in [0.3, 0.4) is 0 Å². The summed E-state index contributed by atoms with van der Waals surface area (Å²) in [6.07, 6.45) is -0.199. The Morgan fingerprint density at radius 3 is 2.00 bits per heavy atom. The van der Waals surface area contributed by atoms with Crippen molar-refractivity contribution in [3.63, 3.8) is 0 Å². The Morgan fingerprint density at radius 2 is 1.46 bits per heavy atom. The van der Waals surface area contributed by atoms with Crippen LogP contribution in [-0.4, -0.2) is 24.6 Å². The normalized spacial score (nSPS) is 10.8. The average molecular weight is 353 g/mol. The van der Waals surface area contributed by atoms with E-state index in [-0.39, 0.29) is 30.0 Å². The summed E-state index contributed by atoms with van der Waals surface area (Å²) in [7, 11) is 1.28. The molecule has 0 aliphatic heterocycles. The van der Waals surface area contributed by atoms with E-state index in [0.29, 0.717) is 5.56 Å². The third-order valence-corrected chi connectivity index (χ3v) is 3.75. The Labute approximate surface area is 152 Å². The number of hydrogen-bond acceptors (Lipinski definition) is 5. The molecule has 0 N–H and O–H groups in total. The summed E-state index contributed by atoms with van der Waals surface area (Å²) in [6, 6.07) is 15.2. The zero-order valence-electron chi connectivity index (χ0n) is 15.0. The summed E-state index contributed by atoms with van der Waals surface area (Å²) in [5.74, 6) is -1.73. The van der Waals surface area contributed by atoms with Gasteiger partial charge in [-0.15, -0.1) is 0 Å². The number of ketones is 2. The molecule has 5 heteroatoms. The molecule has 0 heterocycles. The van der Waals surface area contributed by atoms with Crippen LogP contribution in [-0.2, 0) is 20.9 Å². The van der Waals surface area contributed by atoms with E-state index < -0.39 is 11.8 Å². The second-order valence-electron chi connectivity index (χ2n) is 6.02. The zero-order chi connectivity index (χ0) is 19.1. The predicted molar refractivity (Wildman–Crippen MR) is 96.4 cm³/mol. The molecular formula is C21H21O5. The maximum Gasteiger partial charge on any atom is 0.337 e. The molecule has 2 aromatic carbocycles. The van der Waals surface area contributed by atoms with Crippen molar-refractivity contribution in [2.45, 2.75) is 20.5 Å². The van der Waals surface area contributed by atoms with Crippen LogP contribution in [0.15, 0.2) is 54.6 Å². The fourth-order valence-corrected chi connectivity index (χ4v) is 2.25. The van der Waals surface area contributed by atoms with Gasteiger partial charge < -0.3 is 9.47 Å². The van der Waals surface area contributed by atoms with Crippen molar-refractivity contribution in [2.75, 3.05) is 7.11 Å². The molecule has 0 bridgehead atoms. The molecule has 0 aliphatic rings. The molecule has 0 aliphatic carbocycles. The molecule has 0 atom stereocenters. The number of esters is 1. The molecule has 0 spiro atoms. The maximum absolute atomic E-state index is 12.8. The first-order chi connectivity index (χ1) is 12.4. The summed E-state index contributed by atoms with van der Waals surface area (Å²) in [5, 5.41) is 0. The lowest BCUT2D eigenvalue weighted by molar-refractivity contribution is -0.124. The molecule has 0 amide bonds. The Hall–Kier alpha value is -2.79. The lowest BCUT2D eigenvalue weighted by Crippen LogP contribution is -2.28. The molecule has 135 valence electrons. The molecule has 1 radical (unpaired) electrons. The molecule has 0 aromatic heterocycles. The van der Waals surface area contributed by atoms with Crippen LogP contribution >= 0.6 is 0 Å². The lowest BCUT2D eigenvalue weighted by Gasteiger charge is -2.16. The fourth-order valence-electron chi connectivity index (χ4n) is 2.25. The third kappa shape index (κ3) is 4.86. The summed E-state index contributed by atoms with van der Waals surface area (Å²) >= 11 is 0. The van der Waals surface area contributed by atoms with Crippen LogP contribution in [0.2, 0.25) is 0 Å². The molecular weight excluding hydrogens is 332 g/mol. The van der Waals surface area contributed by atoms with Gasteiger partial charge in [0.1, 0.15) is 0 Å². The third-order valence-electron chi connectivity index (χ3n) is 3.75. The van der Waals surface area contributed by atoms with Gasteiger partial charge in [0.15, 0.2) is 5.78 Å². The Balaban J connectivity index is 2.19. The van der Waals surface area contributed by atoms with Crippen molar-refractivity contribution in [1.82, 2.24) is 0 Å². The minimum absolute atomic E-state index is 0.126. The van der Waals surface area contributed by atoms with Crippen LogP contribution in [0.1, 0.15) is 40.1 Å². The second-order valence-corrected chi connectivity index (χ2v) is 6.02. The number of carbonyl (C=O) groups excluding carboxylic acids is 3. The summed E-state index contributed by atoms with van der Waals surface area (Å²) in [4.78, 5) is 36.7. The quantitative estimate of drug-likeness (QED) is 0.412. The first-order valence-corrected chi connectivity index (χ1v) is 8.25. The highest BCUT2D eigenvalue weighted by Crippen LogP contribution is 2.20. The first-order valence-electron chi connectivity index (χ1n) is 8.25. The SMILES string of the molecule is COC(=O)c1ccc(C(=O)[C](OCc2ccccc2)C(=O)C(C)C)cc1. The van der Waals surface area contributed by atoms with Gasteiger partial charge in [-0.2, -0.15) is 0 Å². The van der Waals surface area contributed by atoms with E-state index >= 15 is 0 Å². The zero-order valence-corrected chi connectivity index (χ0v) is 15.0. The number of Topliss-reactive ketones (excluding diaryl/α,β-unsaturated/α-hetero) is 2. The minimum atomic E-state index is -0.504. The maximum atomic E-state index is 12.8. The average Bonchev–Trinajstić information content (AvgIpc) is 2.68. The van der Waals surface area contributed by atoms with E-state index in [4.69, 9.17) is 4.74 Å². The molecule has 5 nitrogen and oxygen atoms in total. The van der Waals surface area contributed by atoms with Gasteiger partial charge in [0.25, 0.3) is 0 Å². The largest absolute Gasteiger partial charge is 0.465 e. The van der Waals surface area contributed by atoms with Crippen molar-refractivity contribution in [2.24, 2.45) is 5.92 Å². The van der Waals surface area contributed by atoms with Crippen LogP contribution in [0, 0.1) is 12.0 Å². The van der Waals surface area contributed by atoms with Crippen molar-refractivity contribution in [1.29, 1.82) is 0 Å². The van der Waals surface area contributed by atoms with E-state index in [0.717, 1.165) is 5.56 Å². The van der Waals surface area contributed by atoms with E-state index in [1.54, 1.807) is 13.8 Å². The number of hydrogen-bond donors (Lipinski definition) is 0. The lowest BCUT2D eigenvalue weighted by atomic mass is 9.96. The summed E-state index contributed by atoms with van der Waals surface area (Å²) in [5.41, 5.74) is 1.45. The number of benzene rings is 2. The highest BCUT2D eigenvalue weighted by Gasteiger charge is 2.32. The van der Waals surface area contributed by atoms with Crippen molar-refractivity contribution < 1.29 is 23.9 Å². The molecule has 26 heavy (non-hydrogen) atoms. The van der Waals surface area contributed by atoms with Gasteiger partial charge in [-0.3, -0.25) is 9.59 Å². The molecule has 0 saturated carbocycles. The minimum Gasteiger partial charge on any atom is -0.465 e. The van der Waals surface area contributed by atoms with Gasteiger partial charge in [-0.05, 0) is 17.7 Å². The highest BCUT2D eigenvalue weighted by molar-refractivity contribution is 6.21. The van der Waals surface area contributed by atoms with Gasteiger partial charge in [-0.1, -0.05) is 56.3 Å². The van der Waals surface area contributed by atoms with Crippen molar-refractivity contribution in [3.8, 4) is 0 Å². The first kappa shape index (κ1) is 19.5. The van der Waals surface area contributed by atoms with Crippen LogP contribution in [0.5, 0.6) is 0 Å². The van der Waals surface area contributed by atoms with Crippen LogP contribution < -0.4 is 0 Å². The molecule has 2 rings (SSSR count). The Kier molecular flexibility index (Phi) is 6.81. The van der Waals surface area contributed by atoms with E-state index in [2.05, 4.69) is 4.74 Å². The molecule has 0 unspecified atom stereocenters. The van der Waals surface area contributed by atoms with Gasteiger partial charge >= 0.3 is 5.97 Å². The number of rotatable bonds is 8. The monoisotopic (exact) mass is 353 g/mol. The molecule has 2 aromatic rings. The number of methoxy groups -OCH3 is 1. The van der Waals surface area contributed by atoms with E-state index in [9.17, 15) is 14.4 Å². The van der Waals surface area contributed by atoms with Gasteiger partial charge in [0, 0.05) is 11.5 Å². The van der Waals surface area contributed by atoms with Crippen molar-refractivity contribution in [3.05, 3.63) is 77.4 Å². The highest BCUT2D eigenvalue weighted by atomic mass is 16.5. The smallest absolute Gasteiger partial charge is 0.337 e. The summed E-state index contributed by atoms with van der Waals surface area (Å²) in [6.45, 7) is 3.55. The molecule has 0 fully saturated rings. The van der Waals surface area contributed by atoms with Gasteiger partial charge in [0.05, 0.1) is 19.3 Å². The number of ether oxygens (including phenoxy) is 2. The van der Waals surface area contributed by atoms with Crippen LogP contribution in [0.25, 0.3) is 0 Å². The van der Waals surface area contributed by atoms with Gasteiger partial charge in [0.2, 0.25) is 11.9 Å². The molecule has 0 saturated heterocycles. The standard InChI is InChI=1S/C21H21O5/c1-14(2)18(22)20(26-13-15-7-5-4-6-8-15)19(23)16-9-11-17(12-10-16)21(24)25-3/h4-12,14H,13H2,1-3H3. The summed E-state index contributed by atoms with van der Waals surface area (Å²) < 4.78 is 10.2. The van der Waals surface area contributed by atoms with Crippen molar-refractivity contribution >= 4 is 17.5 Å². The van der Waals surface area contributed by atoms with Crippen LogP contribution in [0.4, 0.5) is 0 Å². The Bertz CT molecular complexity index is 763. The van der Waals surface area contributed by atoms with E-state index in [1.807, 2.05) is 30.3 Å². The topological polar surface area (TPSA) is 69.7 Å².